The monoisotopic (exact) mass is 383 g/mol. The third kappa shape index (κ3) is 8.00. The number of nitrogens with one attached hydrogen (secondary N) is 1. The maximum atomic E-state index is 11.8. The summed E-state index contributed by atoms with van der Waals surface area (Å²) < 4.78 is 5.35. The molecule has 5 heteroatoms. The molecule has 0 saturated carbocycles. The Balaban J connectivity index is 0.00000576. The molecule has 0 fully saturated rings. The Morgan fingerprint density at radius 3 is 2.44 bits per heavy atom. The molecule has 0 saturated heterocycles. The van der Waals surface area contributed by atoms with Crippen molar-refractivity contribution in [2.45, 2.75) is 59.5 Å². The Bertz CT molecular complexity index is 589. The predicted octanol–water partition coefficient (Wildman–Crippen LogP) is 4.14. The van der Waals surface area contributed by atoms with Crippen molar-refractivity contribution in [2.75, 3.05) is 6.54 Å². The van der Waals surface area contributed by atoms with E-state index in [9.17, 15) is 4.79 Å². The van der Waals surface area contributed by atoms with Crippen molar-refractivity contribution in [1.29, 1.82) is 5.41 Å². The molecule has 0 aromatic heterocycles. The molecule has 1 N–H and O–H groups in total. The van der Waals surface area contributed by atoms with E-state index in [1.165, 1.54) is 0 Å². The zero-order valence-corrected chi connectivity index (χ0v) is 16.9. The van der Waals surface area contributed by atoms with E-state index < -0.39 is 5.97 Å². The van der Waals surface area contributed by atoms with Crippen LogP contribution < -0.4 is 4.74 Å². The van der Waals surface area contributed by atoms with Crippen LogP contribution in [-0.4, -0.2) is 35.2 Å². The SMILES string of the molecule is [CH-]=C(CCN(C(C)C)C(C)C)c1[c-]cccc1OC(=O)CC(C)=N.[Mn+2]. The van der Waals surface area contributed by atoms with Crippen molar-refractivity contribution in [3.8, 4) is 5.75 Å². The topological polar surface area (TPSA) is 53.4 Å². The molecule has 0 aliphatic rings. The minimum Gasteiger partial charge on any atom is -0.494 e. The van der Waals surface area contributed by atoms with Crippen LogP contribution in [-0.2, 0) is 21.9 Å². The Hall–Kier alpha value is -1.42. The Labute approximate surface area is 162 Å². The van der Waals surface area contributed by atoms with Crippen LogP contribution in [0, 0.1) is 18.1 Å². The molecule has 25 heavy (non-hydrogen) atoms. The van der Waals surface area contributed by atoms with Gasteiger partial charge in [0.1, 0.15) is 0 Å². The molecule has 1 radical (unpaired) electrons. The van der Waals surface area contributed by atoms with E-state index >= 15 is 0 Å². The number of ether oxygens (including phenoxy) is 1. The molecule has 0 spiro atoms. The largest absolute Gasteiger partial charge is 2.00 e. The Morgan fingerprint density at radius 1 is 1.32 bits per heavy atom. The zero-order valence-electron chi connectivity index (χ0n) is 15.7. The average Bonchev–Trinajstić information content (AvgIpc) is 2.46. The summed E-state index contributed by atoms with van der Waals surface area (Å²) >= 11 is 0. The number of rotatable bonds is 9. The maximum Gasteiger partial charge on any atom is 2.00 e. The van der Waals surface area contributed by atoms with E-state index in [-0.39, 0.29) is 29.2 Å². The van der Waals surface area contributed by atoms with E-state index in [1.54, 1.807) is 25.1 Å². The summed E-state index contributed by atoms with van der Waals surface area (Å²) in [6.45, 7) is 17.3. The van der Waals surface area contributed by atoms with Crippen LogP contribution in [0.15, 0.2) is 18.2 Å². The van der Waals surface area contributed by atoms with Crippen molar-refractivity contribution in [3.63, 3.8) is 0 Å². The minimum absolute atomic E-state index is 0. The van der Waals surface area contributed by atoms with Crippen molar-refractivity contribution >= 4 is 17.3 Å². The molecule has 0 heterocycles. The quantitative estimate of drug-likeness (QED) is 0.229. The number of carbonyl (C=O) groups is 1. The van der Waals surface area contributed by atoms with E-state index in [0.717, 1.165) is 6.54 Å². The smallest absolute Gasteiger partial charge is 0.494 e. The standard InChI is InChI=1S/C20H28N2O2.Mn/c1-14(2)22(15(3)4)12-11-16(5)18-9-7-8-10-19(18)24-20(23)13-17(6)21;/h5,7-8,10,14-15,21H,11-13H2,1-4,6H3;/q-2;+2. The number of benzene rings is 1. The van der Waals surface area contributed by atoms with Crippen molar-refractivity contribution < 1.29 is 26.6 Å². The summed E-state index contributed by atoms with van der Waals surface area (Å²) in [6.07, 6.45) is 0.647. The second kappa shape index (κ2) is 11.2. The molecule has 0 amide bonds. The number of hydrogen-bond donors (Lipinski definition) is 1. The third-order valence-corrected chi connectivity index (χ3v) is 3.74. The summed E-state index contributed by atoms with van der Waals surface area (Å²) in [5.74, 6) is -0.0518. The van der Waals surface area contributed by atoms with Gasteiger partial charge in [0, 0.05) is 17.8 Å². The number of carbonyl (C=O) groups excluding carboxylic acids is 1. The van der Waals surface area contributed by atoms with E-state index in [2.05, 4.69) is 38.7 Å². The fourth-order valence-corrected chi connectivity index (χ4v) is 2.62. The first kappa shape index (κ1) is 23.6. The molecule has 0 unspecified atom stereocenters. The van der Waals surface area contributed by atoms with Crippen LogP contribution in [0.4, 0.5) is 0 Å². The fourth-order valence-electron chi connectivity index (χ4n) is 2.62. The Morgan fingerprint density at radius 2 is 1.92 bits per heavy atom. The van der Waals surface area contributed by atoms with E-state index in [1.807, 2.05) is 0 Å². The molecular weight excluding hydrogens is 355 g/mol. The normalized spacial score (nSPS) is 10.7. The average molecular weight is 383 g/mol. The van der Waals surface area contributed by atoms with Crippen molar-refractivity contribution in [1.82, 2.24) is 4.90 Å². The molecule has 0 bridgehead atoms. The van der Waals surface area contributed by atoms with Crippen molar-refractivity contribution in [3.05, 3.63) is 36.4 Å². The zero-order chi connectivity index (χ0) is 18.3. The maximum absolute atomic E-state index is 11.8. The molecule has 0 aliphatic heterocycles. The summed E-state index contributed by atoms with van der Waals surface area (Å²) in [5.41, 5.74) is 1.54. The van der Waals surface area contributed by atoms with Gasteiger partial charge < -0.3 is 16.7 Å². The summed E-state index contributed by atoms with van der Waals surface area (Å²) in [6, 6.07) is 9.15. The first-order valence-corrected chi connectivity index (χ1v) is 8.35. The molecule has 1 aromatic carbocycles. The first-order valence-electron chi connectivity index (χ1n) is 8.35. The van der Waals surface area contributed by atoms with E-state index in [0.29, 0.717) is 35.4 Å². The number of esters is 1. The summed E-state index contributed by atoms with van der Waals surface area (Å²) in [7, 11) is 0. The Kier molecular flexibility index (Phi) is 10.6. The minimum atomic E-state index is -0.456. The molecule has 0 atom stereocenters. The van der Waals surface area contributed by atoms with Gasteiger partial charge in [-0.2, -0.15) is 6.07 Å². The van der Waals surface area contributed by atoms with Crippen LogP contribution in [0.3, 0.4) is 0 Å². The molecule has 137 valence electrons. The molecular formula is C20H28MnN2O2. The second-order valence-corrected chi connectivity index (χ2v) is 6.54. The van der Waals surface area contributed by atoms with Gasteiger partial charge in [-0.25, -0.2) is 6.07 Å². The van der Waals surface area contributed by atoms with Crippen LogP contribution in [0.5, 0.6) is 5.75 Å². The molecule has 0 aliphatic carbocycles. The third-order valence-electron chi connectivity index (χ3n) is 3.74. The molecule has 1 rings (SSSR count). The number of nitrogens with zero attached hydrogens (tertiary/aromatic N) is 1. The van der Waals surface area contributed by atoms with Crippen LogP contribution in [0.25, 0.3) is 5.57 Å². The molecule has 4 nitrogen and oxygen atoms in total. The van der Waals surface area contributed by atoms with Gasteiger partial charge in [-0.1, -0.05) is 6.42 Å². The fraction of sp³-hybridized carbons (Fsp3) is 0.500. The van der Waals surface area contributed by atoms with Gasteiger partial charge in [0.25, 0.3) is 0 Å². The van der Waals surface area contributed by atoms with Gasteiger partial charge in [-0.15, -0.1) is 12.1 Å². The first-order chi connectivity index (χ1) is 11.2. The van der Waals surface area contributed by atoms with Gasteiger partial charge in [0.2, 0.25) is 0 Å². The number of hydrogen-bond acceptors (Lipinski definition) is 4. The van der Waals surface area contributed by atoms with Crippen LogP contribution >= 0.6 is 0 Å². The van der Waals surface area contributed by atoms with Gasteiger partial charge in [-0.05, 0) is 46.9 Å². The molecule has 1 aromatic rings. The summed E-state index contributed by atoms with van der Waals surface area (Å²) in [5, 5.41) is 7.38. The van der Waals surface area contributed by atoms with Crippen LogP contribution in [0.2, 0.25) is 0 Å². The van der Waals surface area contributed by atoms with Gasteiger partial charge in [0.15, 0.2) is 0 Å². The van der Waals surface area contributed by atoms with Gasteiger partial charge in [0.05, 0.1) is 6.42 Å². The second-order valence-electron chi connectivity index (χ2n) is 6.54. The van der Waals surface area contributed by atoms with Crippen LogP contribution in [0.1, 0.15) is 53.0 Å². The predicted molar refractivity (Wildman–Crippen MR) is 98.2 cm³/mol. The van der Waals surface area contributed by atoms with Gasteiger partial charge >= 0.3 is 23.0 Å². The van der Waals surface area contributed by atoms with E-state index in [4.69, 9.17) is 16.7 Å². The van der Waals surface area contributed by atoms with Gasteiger partial charge in [-0.3, -0.25) is 20.8 Å². The van der Waals surface area contributed by atoms with Crippen molar-refractivity contribution in [2.24, 2.45) is 0 Å². The summed E-state index contributed by atoms with van der Waals surface area (Å²) in [4.78, 5) is 14.2.